The fourth-order valence-corrected chi connectivity index (χ4v) is 3.89. The van der Waals surface area contributed by atoms with Crippen molar-refractivity contribution in [3.05, 3.63) is 64.3 Å². The number of nitrogens with one attached hydrogen (secondary N) is 2. The Morgan fingerprint density at radius 3 is 2.52 bits per heavy atom. The second kappa shape index (κ2) is 10.7. The number of anilines is 1. The molecule has 0 saturated heterocycles. The molecule has 31 heavy (non-hydrogen) atoms. The summed E-state index contributed by atoms with van der Waals surface area (Å²) in [5.41, 5.74) is 2.07. The highest BCUT2D eigenvalue weighted by Crippen LogP contribution is 2.22. The maximum Gasteiger partial charge on any atom is 0.253 e. The van der Waals surface area contributed by atoms with Crippen LogP contribution in [-0.2, 0) is 11.3 Å². The third-order valence-corrected chi connectivity index (χ3v) is 5.74. The lowest BCUT2D eigenvalue weighted by Crippen LogP contribution is -2.33. The van der Waals surface area contributed by atoms with E-state index in [0.29, 0.717) is 10.7 Å². The number of fused-ring (bicyclic) bond motifs is 1. The SMILES string of the molecule is CCN(CC)CCn1ccc2cc(NC(=O)CNC(=O)c3ccc(Cl)cc3Cl)ccc21. The Kier molecular flexibility index (Phi) is 7.96. The second-order valence-corrected chi connectivity index (χ2v) is 8.01. The van der Waals surface area contributed by atoms with Crippen molar-refractivity contribution in [1.29, 1.82) is 0 Å². The highest BCUT2D eigenvalue weighted by atomic mass is 35.5. The monoisotopic (exact) mass is 460 g/mol. The van der Waals surface area contributed by atoms with Crippen molar-refractivity contribution in [1.82, 2.24) is 14.8 Å². The van der Waals surface area contributed by atoms with Crippen LogP contribution in [0.2, 0.25) is 10.0 Å². The smallest absolute Gasteiger partial charge is 0.253 e. The minimum atomic E-state index is -0.433. The number of hydrogen-bond donors (Lipinski definition) is 2. The molecule has 3 aromatic rings. The normalized spacial score (nSPS) is 11.1. The molecule has 2 N–H and O–H groups in total. The van der Waals surface area contributed by atoms with Crippen molar-refractivity contribution in [2.75, 3.05) is 31.5 Å². The standard InChI is InChI=1S/C23H26Cl2N4O2/c1-3-28(4-2)11-12-29-10-9-16-13-18(6-8-21(16)29)27-22(30)15-26-23(31)19-7-5-17(24)14-20(19)25/h5-10,13-14H,3-4,11-12,15H2,1-2H3,(H,26,31)(H,27,30). The van der Waals surface area contributed by atoms with Crippen LogP contribution >= 0.6 is 23.2 Å². The van der Waals surface area contributed by atoms with Crippen LogP contribution in [0.1, 0.15) is 24.2 Å². The molecule has 0 aliphatic carbocycles. The number of aromatic nitrogens is 1. The summed E-state index contributed by atoms with van der Waals surface area (Å²) in [4.78, 5) is 26.9. The van der Waals surface area contributed by atoms with E-state index in [0.717, 1.165) is 37.1 Å². The van der Waals surface area contributed by atoms with Gasteiger partial charge in [0.05, 0.1) is 17.1 Å². The predicted molar refractivity (Wildman–Crippen MR) is 127 cm³/mol. The van der Waals surface area contributed by atoms with Gasteiger partial charge in [0, 0.05) is 40.9 Å². The number of benzene rings is 2. The van der Waals surface area contributed by atoms with Crippen molar-refractivity contribution < 1.29 is 9.59 Å². The molecule has 0 saturated carbocycles. The predicted octanol–water partition coefficient (Wildman–Crippen LogP) is 4.66. The highest BCUT2D eigenvalue weighted by Gasteiger charge is 2.12. The zero-order valence-electron chi connectivity index (χ0n) is 17.6. The van der Waals surface area contributed by atoms with Gasteiger partial charge in [0.25, 0.3) is 5.91 Å². The van der Waals surface area contributed by atoms with Crippen LogP contribution in [0.25, 0.3) is 10.9 Å². The molecule has 0 atom stereocenters. The van der Waals surface area contributed by atoms with Gasteiger partial charge in [-0.05, 0) is 55.6 Å². The minimum Gasteiger partial charge on any atom is -0.346 e. The summed E-state index contributed by atoms with van der Waals surface area (Å²) in [7, 11) is 0. The fraction of sp³-hybridized carbons (Fsp3) is 0.304. The second-order valence-electron chi connectivity index (χ2n) is 7.16. The van der Waals surface area contributed by atoms with E-state index in [9.17, 15) is 9.59 Å². The van der Waals surface area contributed by atoms with Gasteiger partial charge in [0.15, 0.2) is 0 Å². The Labute approximate surface area is 192 Å². The molecule has 2 amide bonds. The molecule has 0 radical (unpaired) electrons. The number of likely N-dealkylation sites (N-methyl/N-ethyl adjacent to an activating group) is 1. The molecule has 2 aromatic carbocycles. The molecule has 0 aliphatic rings. The van der Waals surface area contributed by atoms with Crippen LogP contribution in [0.5, 0.6) is 0 Å². The van der Waals surface area contributed by atoms with E-state index in [1.165, 1.54) is 12.1 Å². The molecular formula is C23H26Cl2N4O2. The molecule has 1 aromatic heterocycles. The van der Waals surface area contributed by atoms with Crippen LogP contribution < -0.4 is 10.6 Å². The minimum absolute atomic E-state index is 0.166. The quantitative estimate of drug-likeness (QED) is 0.487. The molecule has 164 valence electrons. The summed E-state index contributed by atoms with van der Waals surface area (Å²) in [5, 5.41) is 7.12. The Morgan fingerprint density at radius 1 is 1.03 bits per heavy atom. The maximum absolute atomic E-state index is 12.3. The molecule has 0 fully saturated rings. The first-order valence-corrected chi connectivity index (χ1v) is 11.0. The van der Waals surface area contributed by atoms with Crippen molar-refractivity contribution in [2.24, 2.45) is 0 Å². The van der Waals surface area contributed by atoms with E-state index < -0.39 is 5.91 Å². The summed E-state index contributed by atoms with van der Waals surface area (Å²) in [6.45, 7) is 8.14. The molecule has 1 heterocycles. The van der Waals surface area contributed by atoms with Crippen LogP contribution in [0.4, 0.5) is 5.69 Å². The zero-order chi connectivity index (χ0) is 22.4. The summed E-state index contributed by atoms with van der Waals surface area (Å²) < 4.78 is 2.22. The van der Waals surface area contributed by atoms with E-state index in [4.69, 9.17) is 23.2 Å². The lowest BCUT2D eigenvalue weighted by atomic mass is 10.2. The molecule has 3 rings (SSSR count). The first kappa shape index (κ1) is 23.1. The number of halogens is 2. The molecule has 0 spiro atoms. The molecular weight excluding hydrogens is 435 g/mol. The van der Waals surface area contributed by atoms with Crippen LogP contribution in [0.15, 0.2) is 48.7 Å². The van der Waals surface area contributed by atoms with E-state index >= 15 is 0 Å². The largest absolute Gasteiger partial charge is 0.346 e. The number of carbonyl (C=O) groups excluding carboxylic acids is 2. The molecule has 6 nitrogen and oxygen atoms in total. The highest BCUT2D eigenvalue weighted by molar-refractivity contribution is 6.36. The lowest BCUT2D eigenvalue weighted by Gasteiger charge is -2.18. The summed E-state index contributed by atoms with van der Waals surface area (Å²) in [6, 6.07) is 12.4. The third-order valence-electron chi connectivity index (χ3n) is 5.19. The average Bonchev–Trinajstić information content (AvgIpc) is 3.15. The number of nitrogens with zero attached hydrogens (tertiary/aromatic N) is 2. The lowest BCUT2D eigenvalue weighted by molar-refractivity contribution is -0.115. The Balaban J connectivity index is 1.57. The molecule has 0 bridgehead atoms. The first-order valence-electron chi connectivity index (χ1n) is 10.3. The number of hydrogen-bond acceptors (Lipinski definition) is 3. The molecule has 0 aliphatic heterocycles. The van der Waals surface area contributed by atoms with Crippen molar-refractivity contribution in [3.8, 4) is 0 Å². The maximum atomic E-state index is 12.3. The van der Waals surface area contributed by atoms with Crippen molar-refractivity contribution in [2.45, 2.75) is 20.4 Å². The number of carbonyl (C=O) groups is 2. The van der Waals surface area contributed by atoms with Gasteiger partial charge in [-0.3, -0.25) is 9.59 Å². The Bertz CT molecular complexity index is 1080. The summed E-state index contributed by atoms with van der Waals surface area (Å²) in [5.74, 6) is -0.753. The molecule has 0 unspecified atom stereocenters. The van der Waals surface area contributed by atoms with E-state index in [-0.39, 0.29) is 23.0 Å². The first-order chi connectivity index (χ1) is 14.9. The van der Waals surface area contributed by atoms with Gasteiger partial charge in [-0.2, -0.15) is 0 Å². The number of amides is 2. The summed E-state index contributed by atoms with van der Waals surface area (Å²) in [6.07, 6.45) is 2.07. The van der Waals surface area contributed by atoms with Crippen LogP contribution in [0, 0.1) is 0 Å². The van der Waals surface area contributed by atoms with E-state index in [1.54, 1.807) is 6.07 Å². The number of rotatable bonds is 9. The fourth-order valence-electron chi connectivity index (χ4n) is 3.40. The van der Waals surface area contributed by atoms with Crippen LogP contribution in [0.3, 0.4) is 0 Å². The van der Waals surface area contributed by atoms with Gasteiger partial charge >= 0.3 is 0 Å². The van der Waals surface area contributed by atoms with Crippen molar-refractivity contribution >= 4 is 51.6 Å². The van der Waals surface area contributed by atoms with Crippen molar-refractivity contribution in [3.63, 3.8) is 0 Å². The Hall–Kier alpha value is -2.54. The summed E-state index contributed by atoms with van der Waals surface area (Å²) >= 11 is 11.9. The van der Waals surface area contributed by atoms with Gasteiger partial charge in [-0.1, -0.05) is 37.0 Å². The Morgan fingerprint density at radius 2 is 1.81 bits per heavy atom. The van der Waals surface area contributed by atoms with Gasteiger partial charge in [0.1, 0.15) is 0 Å². The topological polar surface area (TPSA) is 66.4 Å². The zero-order valence-corrected chi connectivity index (χ0v) is 19.1. The van der Waals surface area contributed by atoms with Gasteiger partial charge < -0.3 is 20.1 Å². The van der Waals surface area contributed by atoms with Gasteiger partial charge in [0.2, 0.25) is 5.91 Å². The third kappa shape index (κ3) is 6.00. The van der Waals surface area contributed by atoms with Crippen LogP contribution in [-0.4, -0.2) is 47.5 Å². The van der Waals surface area contributed by atoms with E-state index in [1.807, 2.05) is 24.3 Å². The molecule has 8 heteroatoms. The van der Waals surface area contributed by atoms with Gasteiger partial charge in [-0.25, -0.2) is 0 Å². The average molecular weight is 461 g/mol. The van der Waals surface area contributed by atoms with Gasteiger partial charge in [-0.15, -0.1) is 0 Å². The van der Waals surface area contributed by atoms with E-state index in [2.05, 4.69) is 40.1 Å².